The van der Waals surface area contributed by atoms with Gasteiger partial charge < -0.3 is 19.7 Å². The summed E-state index contributed by atoms with van der Waals surface area (Å²) in [7, 11) is 5.37. The summed E-state index contributed by atoms with van der Waals surface area (Å²) in [4.78, 5) is 6.66. The second kappa shape index (κ2) is 10.6. The molecule has 1 N–H and O–H groups in total. The predicted octanol–water partition coefficient (Wildman–Crippen LogP) is 2.38. The lowest BCUT2D eigenvalue weighted by Crippen LogP contribution is -2.47. The van der Waals surface area contributed by atoms with Crippen LogP contribution in [0.1, 0.15) is 17.4 Å². The summed E-state index contributed by atoms with van der Waals surface area (Å²) in [6, 6.07) is 9.81. The Labute approximate surface area is 199 Å². The van der Waals surface area contributed by atoms with Crippen LogP contribution < -0.4 is 10.1 Å². The zero-order valence-electron chi connectivity index (χ0n) is 17.9. The Hall–Kier alpha value is -2.60. The largest absolute Gasteiger partial charge is 0.497 e. The number of methoxy groups -OCH3 is 1. The van der Waals surface area contributed by atoms with Crippen molar-refractivity contribution in [2.75, 3.05) is 33.9 Å². The number of nitrogens with zero attached hydrogens (tertiary/aromatic N) is 6. The van der Waals surface area contributed by atoms with Crippen molar-refractivity contribution in [2.45, 2.75) is 12.6 Å². The van der Waals surface area contributed by atoms with E-state index in [0.29, 0.717) is 13.2 Å². The molecule has 3 heterocycles. The standard InChI is InChI=1S/C21H27N7O2.HI/c1-22-21(27-10-11-30-20(15-27)16-12-24-26(2)14-16)23-13-17-8-9-28(25-17)18-4-6-19(29-3)7-5-18;/h4-9,12,14,20H,10-11,13,15H2,1-3H3,(H,22,23);1H. The van der Waals surface area contributed by atoms with Gasteiger partial charge in [0, 0.05) is 38.6 Å². The van der Waals surface area contributed by atoms with Crippen LogP contribution in [0.5, 0.6) is 5.75 Å². The van der Waals surface area contributed by atoms with Crippen LogP contribution in [0.3, 0.4) is 0 Å². The Balaban J connectivity index is 0.00000272. The highest BCUT2D eigenvalue weighted by Gasteiger charge is 2.25. The first-order chi connectivity index (χ1) is 14.7. The van der Waals surface area contributed by atoms with Crippen molar-refractivity contribution in [3.8, 4) is 11.4 Å². The van der Waals surface area contributed by atoms with E-state index in [0.717, 1.165) is 41.7 Å². The molecule has 0 saturated carbocycles. The van der Waals surface area contributed by atoms with Gasteiger partial charge >= 0.3 is 0 Å². The van der Waals surface area contributed by atoms with Crippen LogP contribution in [0.15, 0.2) is 53.9 Å². The van der Waals surface area contributed by atoms with Gasteiger partial charge in [0.25, 0.3) is 0 Å². The summed E-state index contributed by atoms with van der Waals surface area (Å²) < 4.78 is 14.8. The molecule has 166 valence electrons. The van der Waals surface area contributed by atoms with E-state index in [1.165, 1.54) is 0 Å². The number of benzene rings is 1. The summed E-state index contributed by atoms with van der Waals surface area (Å²) >= 11 is 0. The monoisotopic (exact) mass is 537 g/mol. The van der Waals surface area contributed by atoms with E-state index < -0.39 is 0 Å². The van der Waals surface area contributed by atoms with Gasteiger partial charge in [-0.3, -0.25) is 9.67 Å². The molecule has 4 rings (SSSR count). The highest BCUT2D eigenvalue weighted by Crippen LogP contribution is 2.21. The molecule has 3 aromatic rings. The van der Waals surface area contributed by atoms with Crippen LogP contribution in [0, 0.1) is 0 Å². The maximum Gasteiger partial charge on any atom is 0.194 e. The third kappa shape index (κ3) is 5.56. The van der Waals surface area contributed by atoms with Gasteiger partial charge in [0.2, 0.25) is 0 Å². The zero-order chi connectivity index (χ0) is 20.9. The average molecular weight is 537 g/mol. The quantitative estimate of drug-likeness (QED) is 0.306. The van der Waals surface area contributed by atoms with Crippen LogP contribution in [0.4, 0.5) is 0 Å². The lowest BCUT2D eigenvalue weighted by atomic mass is 10.1. The molecule has 1 fully saturated rings. The summed E-state index contributed by atoms with van der Waals surface area (Å²) in [6.07, 6.45) is 5.79. The number of hydrogen-bond donors (Lipinski definition) is 1. The molecule has 1 aliphatic heterocycles. The molecule has 9 nitrogen and oxygen atoms in total. The van der Waals surface area contributed by atoms with Crippen molar-refractivity contribution in [3.63, 3.8) is 0 Å². The SMILES string of the molecule is CN=C(NCc1ccn(-c2ccc(OC)cc2)n1)N1CCOC(c2cnn(C)c2)C1.I. The van der Waals surface area contributed by atoms with Crippen molar-refractivity contribution in [1.29, 1.82) is 0 Å². The normalized spacial score (nSPS) is 16.7. The van der Waals surface area contributed by atoms with Gasteiger partial charge in [-0.05, 0) is 30.3 Å². The molecule has 10 heteroatoms. The van der Waals surface area contributed by atoms with Crippen LogP contribution in [-0.4, -0.2) is 64.3 Å². The molecular formula is C21H28IN7O2. The molecule has 1 aromatic carbocycles. The molecular weight excluding hydrogens is 509 g/mol. The topological polar surface area (TPSA) is 81.7 Å². The number of halogens is 1. The fourth-order valence-electron chi connectivity index (χ4n) is 3.49. The van der Waals surface area contributed by atoms with Crippen LogP contribution in [-0.2, 0) is 18.3 Å². The molecule has 0 bridgehead atoms. The number of guanidine groups is 1. The van der Waals surface area contributed by atoms with Crippen molar-refractivity contribution >= 4 is 29.9 Å². The van der Waals surface area contributed by atoms with Crippen molar-refractivity contribution in [1.82, 2.24) is 29.8 Å². The molecule has 0 aliphatic carbocycles. The van der Waals surface area contributed by atoms with Gasteiger partial charge in [0.15, 0.2) is 5.96 Å². The number of hydrogen-bond acceptors (Lipinski definition) is 5. The third-order valence-electron chi connectivity index (χ3n) is 5.08. The van der Waals surface area contributed by atoms with E-state index in [2.05, 4.69) is 25.4 Å². The first-order valence-electron chi connectivity index (χ1n) is 9.91. The van der Waals surface area contributed by atoms with Crippen molar-refractivity contribution < 1.29 is 9.47 Å². The van der Waals surface area contributed by atoms with E-state index >= 15 is 0 Å². The van der Waals surface area contributed by atoms with Gasteiger partial charge in [-0.25, -0.2) is 4.68 Å². The molecule has 1 unspecified atom stereocenters. The average Bonchev–Trinajstić information content (AvgIpc) is 3.44. The second-order valence-electron chi connectivity index (χ2n) is 7.10. The Bertz CT molecular complexity index is 999. The van der Waals surface area contributed by atoms with Gasteiger partial charge in [0.05, 0.1) is 44.4 Å². The minimum absolute atomic E-state index is 0. The van der Waals surface area contributed by atoms with E-state index in [-0.39, 0.29) is 30.1 Å². The lowest BCUT2D eigenvalue weighted by Gasteiger charge is -2.34. The van der Waals surface area contributed by atoms with Gasteiger partial charge in [-0.15, -0.1) is 24.0 Å². The molecule has 1 atom stereocenters. The van der Waals surface area contributed by atoms with Crippen LogP contribution in [0.25, 0.3) is 5.69 Å². The van der Waals surface area contributed by atoms with E-state index in [1.54, 1.807) is 18.8 Å². The summed E-state index contributed by atoms with van der Waals surface area (Å²) in [5, 5.41) is 12.3. The zero-order valence-corrected chi connectivity index (χ0v) is 20.3. The second-order valence-corrected chi connectivity index (χ2v) is 7.10. The van der Waals surface area contributed by atoms with Gasteiger partial charge in [-0.1, -0.05) is 0 Å². The molecule has 0 spiro atoms. The van der Waals surface area contributed by atoms with E-state index in [9.17, 15) is 0 Å². The molecule has 2 aromatic heterocycles. The number of aliphatic imine (C=N–C) groups is 1. The number of aromatic nitrogens is 4. The Morgan fingerprint density at radius 3 is 2.77 bits per heavy atom. The smallest absolute Gasteiger partial charge is 0.194 e. The van der Waals surface area contributed by atoms with E-state index in [4.69, 9.17) is 9.47 Å². The van der Waals surface area contributed by atoms with E-state index in [1.807, 2.05) is 60.7 Å². The predicted molar refractivity (Wildman–Crippen MR) is 129 cm³/mol. The summed E-state index contributed by atoms with van der Waals surface area (Å²) in [6.45, 7) is 2.75. The number of morpholine rings is 1. The Morgan fingerprint density at radius 1 is 1.29 bits per heavy atom. The molecule has 31 heavy (non-hydrogen) atoms. The van der Waals surface area contributed by atoms with Gasteiger partial charge in [0.1, 0.15) is 11.9 Å². The first-order valence-corrected chi connectivity index (χ1v) is 9.91. The molecule has 1 saturated heterocycles. The Morgan fingerprint density at radius 2 is 2.10 bits per heavy atom. The summed E-state index contributed by atoms with van der Waals surface area (Å²) in [5.41, 5.74) is 3.00. The number of nitrogens with one attached hydrogen (secondary N) is 1. The van der Waals surface area contributed by atoms with Gasteiger partial charge in [-0.2, -0.15) is 10.2 Å². The van der Waals surface area contributed by atoms with Crippen LogP contribution in [0.2, 0.25) is 0 Å². The third-order valence-corrected chi connectivity index (χ3v) is 5.08. The van der Waals surface area contributed by atoms with Crippen molar-refractivity contribution in [2.24, 2.45) is 12.0 Å². The number of ether oxygens (including phenoxy) is 2. The highest BCUT2D eigenvalue weighted by molar-refractivity contribution is 14.0. The highest BCUT2D eigenvalue weighted by atomic mass is 127. The molecule has 0 amide bonds. The number of rotatable bonds is 5. The Kier molecular flexibility index (Phi) is 7.91. The van der Waals surface area contributed by atoms with Crippen molar-refractivity contribution in [3.05, 3.63) is 60.2 Å². The maximum absolute atomic E-state index is 5.93. The number of aryl methyl sites for hydroxylation is 1. The molecule has 1 aliphatic rings. The minimum atomic E-state index is -0.0136. The molecule has 0 radical (unpaired) electrons. The van der Waals surface area contributed by atoms with Crippen LogP contribution >= 0.6 is 24.0 Å². The maximum atomic E-state index is 5.93. The summed E-state index contributed by atoms with van der Waals surface area (Å²) in [5.74, 6) is 1.66. The minimum Gasteiger partial charge on any atom is -0.497 e. The lowest BCUT2D eigenvalue weighted by molar-refractivity contribution is -0.00805. The fourth-order valence-corrected chi connectivity index (χ4v) is 3.49. The first kappa shape index (κ1) is 23.1. The fraction of sp³-hybridized carbons (Fsp3) is 0.381.